The van der Waals surface area contributed by atoms with Gasteiger partial charge in [0, 0.05) is 0 Å². The zero-order valence-electron chi connectivity index (χ0n) is 7.60. The molecule has 2 aromatic carbocycles. The molecule has 2 rings (SSSR count). The molecular weight excluding hydrogens is 346 g/mol. The van der Waals surface area contributed by atoms with E-state index in [0.717, 1.165) is 0 Å². The zero-order chi connectivity index (χ0) is 9.80. The maximum absolute atomic E-state index is 3.88. The molecule has 0 bridgehead atoms. The Morgan fingerprint density at radius 2 is 1.00 bits per heavy atom. The van der Waals surface area contributed by atoms with Crippen molar-refractivity contribution in [2.45, 2.75) is 0 Å². The van der Waals surface area contributed by atoms with Crippen molar-refractivity contribution in [2.24, 2.45) is 0 Å². The van der Waals surface area contributed by atoms with E-state index < -0.39 is 18.0 Å². The van der Waals surface area contributed by atoms with E-state index >= 15 is 0 Å². The van der Waals surface area contributed by atoms with Gasteiger partial charge in [-0.1, -0.05) is 0 Å². The average molecular weight is 356 g/mol. The Hall–Kier alpha value is -0.262. The van der Waals surface area contributed by atoms with Gasteiger partial charge in [0.2, 0.25) is 0 Å². The summed E-state index contributed by atoms with van der Waals surface area (Å²) in [6, 6.07) is 21.4. The Labute approximate surface area is 97.6 Å². The van der Waals surface area contributed by atoms with Gasteiger partial charge >= 0.3 is 98.2 Å². The normalized spacial score (nSPS) is 10.4. The van der Waals surface area contributed by atoms with Crippen LogP contribution in [-0.4, -0.2) is 18.0 Å². The van der Waals surface area contributed by atoms with Crippen LogP contribution in [0.3, 0.4) is 0 Å². The van der Waals surface area contributed by atoms with E-state index in [0.29, 0.717) is 0 Å². The number of rotatable bonds is 2. The van der Waals surface area contributed by atoms with Crippen LogP contribution in [-0.2, 0) is 0 Å². The quantitative estimate of drug-likeness (QED) is 0.724. The first-order chi connectivity index (χ1) is 6.88. The first-order valence-electron chi connectivity index (χ1n) is 4.44. The summed E-state index contributed by atoms with van der Waals surface area (Å²) >= 11 is 2.32. The number of benzene rings is 2. The van der Waals surface area contributed by atoms with E-state index in [-0.39, 0.29) is 0 Å². The van der Waals surface area contributed by atoms with Crippen LogP contribution in [0.25, 0.3) is 0 Å². The van der Waals surface area contributed by atoms with E-state index in [9.17, 15) is 0 Å². The molecule has 0 N–H and O–H groups in total. The van der Waals surface area contributed by atoms with Gasteiger partial charge in [0.05, 0.1) is 0 Å². The Bertz CT molecular complexity index is 346. The standard InChI is InChI=1S/2C6H5.BrH.Sb/c2*1-2-4-6-5-3-1;;/h2*1-5H;1H;/q;;;+1/p-1. The molecule has 0 saturated carbocycles. The molecule has 0 saturated heterocycles. The molecule has 0 aliphatic heterocycles. The predicted octanol–water partition coefficient (Wildman–Crippen LogP) is 2.19. The van der Waals surface area contributed by atoms with E-state index in [1.807, 2.05) is 0 Å². The molecule has 0 aliphatic carbocycles. The Balaban J connectivity index is 2.30. The Morgan fingerprint density at radius 3 is 1.36 bits per heavy atom. The predicted molar refractivity (Wildman–Crippen MR) is 66.8 cm³/mol. The molecule has 70 valence electrons. The van der Waals surface area contributed by atoms with Crippen molar-refractivity contribution < 1.29 is 0 Å². The zero-order valence-corrected chi connectivity index (χ0v) is 11.7. The Morgan fingerprint density at radius 1 is 0.643 bits per heavy atom. The molecule has 2 heteroatoms. The first-order valence-corrected chi connectivity index (χ1v) is 12.7. The minimum atomic E-state index is -1.56. The molecule has 0 nitrogen and oxygen atoms in total. The van der Waals surface area contributed by atoms with Gasteiger partial charge in [0.25, 0.3) is 0 Å². The summed E-state index contributed by atoms with van der Waals surface area (Å²) in [5.41, 5.74) is 0. The monoisotopic (exact) mass is 354 g/mol. The van der Waals surface area contributed by atoms with Crippen molar-refractivity contribution in [1.29, 1.82) is 0 Å². The van der Waals surface area contributed by atoms with Gasteiger partial charge in [0.1, 0.15) is 0 Å². The number of hydrogen-bond donors (Lipinski definition) is 0. The van der Waals surface area contributed by atoms with Crippen molar-refractivity contribution in [1.82, 2.24) is 0 Å². The van der Waals surface area contributed by atoms with Gasteiger partial charge in [-0.25, -0.2) is 0 Å². The second kappa shape index (κ2) is 5.00. The minimum absolute atomic E-state index is 1.47. The van der Waals surface area contributed by atoms with Crippen LogP contribution in [0.1, 0.15) is 0 Å². The fourth-order valence-corrected chi connectivity index (χ4v) is 7.77. The molecule has 0 spiro atoms. The van der Waals surface area contributed by atoms with E-state index in [1.165, 1.54) is 7.02 Å². The molecule has 0 heterocycles. The SMILES string of the molecule is [Br][Sb]([c]1ccccc1)[c]1ccccc1. The second-order valence-electron chi connectivity index (χ2n) is 2.95. The summed E-state index contributed by atoms with van der Waals surface area (Å²) in [5, 5.41) is 0. The molecule has 0 fully saturated rings. The van der Waals surface area contributed by atoms with Crippen LogP contribution in [0, 0.1) is 0 Å². The maximum atomic E-state index is 3.88. The summed E-state index contributed by atoms with van der Waals surface area (Å²) in [7, 11) is 0. The van der Waals surface area contributed by atoms with Crippen LogP contribution in [0.15, 0.2) is 60.7 Å². The average Bonchev–Trinajstić information content (AvgIpc) is 2.30. The van der Waals surface area contributed by atoms with Crippen molar-refractivity contribution >= 4 is 37.6 Å². The van der Waals surface area contributed by atoms with Crippen LogP contribution >= 0.6 is 12.6 Å². The third-order valence-electron chi connectivity index (χ3n) is 1.97. The van der Waals surface area contributed by atoms with Crippen LogP contribution in [0.4, 0.5) is 0 Å². The van der Waals surface area contributed by atoms with Crippen molar-refractivity contribution in [3.05, 3.63) is 60.7 Å². The fourth-order valence-electron chi connectivity index (χ4n) is 1.27. The van der Waals surface area contributed by atoms with Gasteiger partial charge in [0.15, 0.2) is 0 Å². The number of halogens is 1. The molecule has 0 aliphatic rings. The van der Waals surface area contributed by atoms with Crippen LogP contribution in [0.5, 0.6) is 0 Å². The van der Waals surface area contributed by atoms with Gasteiger partial charge in [-0.05, 0) is 0 Å². The first kappa shape index (κ1) is 10.3. The van der Waals surface area contributed by atoms with Gasteiger partial charge in [-0.2, -0.15) is 0 Å². The van der Waals surface area contributed by atoms with Gasteiger partial charge in [-0.15, -0.1) is 0 Å². The molecule has 2 aromatic rings. The molecule has 0 unspecified atom stereocenters. The topological polar surface area (TPSA) is 0 Å². The van der Waals surface area contributed by atoms with Crippen molar-refractivity contribution in [3.8, 4) is 0 Å². The van der Waals surface area contributed by atoms with E-state index in [4.69, 9.17) is 0 Å². The van der Waals surface area contributed by atoms with E-state index in [1.54, 1.807) is 0 Å². The summed E-state index contributed by atoms with van der Waals surface area (Å²) < 4.78 is 2.95. The molecule has 0 atom stereocenters. The third-order valence-corrected chi connectivity index (χ3v) is 11.7. The number of hydrogen-bond acceptors (Lipinski definition) is 0. The summed E-state index contributed by atoms with van der Waals surface area (Å²) in [4.78, 5) is 0. The van der Waals surface area contributed by atoms with Crippen LogP contribution < -0.4 is 7.02 Å². The Kier molecular flexibility index (Phi) is 3.66. The van der Waals surface area contributed by atoms with E-state index in [2.05, 4.69) is 73.3 Å². The third kappa shape index (κ3) is 2.40. The van der Waals surface area contributed by atoms with Gasteiger partial charge in [-0.3, -0.25) is 0 Å². The summed E-state index contributed by atoms with van der Waals surface area (Å²) in [6.45, 7) is 0. The molecule has 14 heavy (non-hydrogen) atoms. The van der Waals surface area contributed by atoms with Crippen molar-refractivity contribution in [3.63, 3.8) is 0 Å². The summed E-state index contributed by atoms with van der Waals surface area (Å²) in [5.74, 6) is 0. The van der Waals surface area contributed by atoms with Crippen molar-refractivity contribution in [2.75, 3.05) is 0 Å². The summed E-state index contributed by atoms with van der Waals surface area (Å²) in [6.07, 6.45) is 0. The molecular formula is C12H10BrSb. The molecule has 0 radical (unpaired) electrons. The second-order valence-corrected chi connectivity index (χ2v) is 12.3. The van der Waals surface area contributed by atoms with Crippen LogP contribution in [0.2, 0.25) is 0 Å². The molecule has 0 aromatic heterocycles. The van der Waals surface area contributed by atoms with Gasteiger partial charge < -0.3 is 0 Å². The fraction of sp³-hybridized carbons (Fsp3) is 0. The molecule has 0 amide bonds.